The molecular formula is C18H19NO4. The molecule has 0 spiro atoms. The van der Waals surface area contributed by atoms with Gasteiger partial charge < -0.3 is 14.3 Å². The zero-order chi connectivity index (χ0) is 16.8. The fraction of sp³-hybridized carbons (Fsp3) is 0.222. The molecule has 0 unspecified atom stereocenters. The van der Waals surface area contributed by atoms with Gasteiger partial charge in [-0.15, -0.1) is 0 Å². The highest BCUT2D eigenvalue weighted by molar-refractivity contribution is 6.43. The number of methoxy groups -OCH3 is 1. The van der Waals surface area contributed by atoms with E-state index in [9.17, 15) is 4.79 Å². The summed E-state index contributed by atoms with van der Waals surface area (Å²) in [7, 11) is 2.69. The van der Waals surface area contributed by atoms with Crippen molar-refractivity contribution in [1.82, 2.24) is 0 Å². The van der Waals surface area contributed by atoms with Crippen molar-refractivity contribution in [2.75, 3.05) is 14.2 Å². The number of para-hydroxylation sites is 1. The van der Waals surface area contributed by atoms with Gasteiger partial charge in [0.15, 0.2) is 5.71 Å². The smallest absolute Gasteiger partial charge is 0.360 e. The van der Waals surface area contributed by atoms with Crippen molar-refractivity contribution in [3.8, 4) is 11.5 Å². The number of rotatable bonds is 5. The van der Waals surface area contributed by atoms with Crippen LogP contribution in [0, 0.1) is 13.8 Å². The number of hydrogen-bond donors (Lipinski definition) is 0. The van der Waals surface area contributed by atoms with Crippen molar-refractivity contribution in [2.45, 2.75) is 13.8 Å². The molecule has 0 fully saturated rings. The quantitative estimate of drug-likeness (QED) is 0.480. The van der Waals surface area contributed by atoms with Crippen molar-refractivity contribution >= 4 is 11.7 Å². The third kappa shape index (κ3) is 3.88. The van der Waals surface area contributed by atoms with Crippen LogP contribution in [0.3, 0.4) is 0 Å². The molecule has 0 atom stereocenters. The third-order valence-corrected chi connectivity index (χ3v) is 3.34. The molecule has 0 aromatic heterocycles. The fourth-order valence-corrected chi connectivity index (χ4v) is 2.15. The largest absolute Gasteiger partial charge is 0.464 e. The predicted octanol–water partition coefficient (Wildman–Crippen LogP) is 3.62. The van der Waals surface area contributed by atoms with Gasteiger partial charge in [-0.05, 0) is 49.2 Å². The maximum atomic E-state index is 11.8. The Bertz CT molecular complexity index is 738. The molecule has 0 saturated carbocycles. The molecule has 0 heterocycles. The highest BCUT2D eigenvalue weighted by atomic mass is 16.6. The van der Waals surface area contributed by atoms with E-state index in [1.807, 2.05) is 44.2 Å². The number of aryl methyl sites for hydroxylation is 2. The first-order chi connectivity index (χ1) is 11.1. The molecule has 2 aromatic rings. The average molecular weight is 313 g/mol. The van der Waals surface area contributed by atoms with Crippen LogP contribution in [0.15, 0.2) is 47.6 Å². The van der Waals surface area contributed by atoms with Gasteiger partial charge in [0.25, 0.3) is 0 Å². The van der Waals surface area contributed by atoms with Crippen molar-refractivity contribution < 1.29 is 19.1 Å². The molecule has 0 bridgehead atoms. The molecule has 23 heavy (non-hydrogen) atoms. The Hall–Kier alpha value is -2.82. The Morgan fingerprint density at radius 2 is 1.74 bits per heavy atom. The first-order valence-electron chi connectivity index (χ1n) is 7.10. The van der Waals surface area contributed by atoms with E-state index in [-0.39, 0.29) is 5.71 Å². The summed E-state index contributed by atoms with van der Waals surface area (Å²) in [4.78, 5) is 16.5. The Morgan fingerprint density at radius 3 is 2.35 bits per heavy atom. The van der Waals surface area contributed by atoms with Gasteiger partial charge in [-0.25, -0.2) is 4.79 Å². The minimum Gasteiger partial charge on any atom is -0.464 e. The predicted molar refractivity (Wildman–Crippen MR) is 88.0 cm³/mol. The topological polar surface area (TPSA) is 57.1 Å². The van der Waals surface area contributed by atoms with Crippen molar-refractivity contribution in [2.24, 2.45) is 5.16 Å². The lowest BCUT2D eigenvalue weighted by Crippen LogP contribution is -2.18. The summed E-state index contributed by atoms with van der Waals surface area (Å²) in [5.41, 5.74) is 2.63. The number of nitrogens with zero attached hydrogens (tertiary/aromatic N) is 1. The maximum Gasteiger partial charge on any atom is 0.360 e. The minimum absolute atomic E-state index is 0.120. The second-order valence-corrected chi connectivity index (χ2v) is 4.96. The van der Waals surface area contributed by atoms with Gasteiger partial charge in [0, 0.05) is 5.56 Å². The summed E-state index contributed by atoms with van der Waals surface area (Å²) in [6.45, 7) is 3.85. The van der Waals surface area contributed by atoms with Crippen LogP contribution in [0.5, 0.6) is 11.5 Å². The van der Waals surface area contributed by atoms with Crippen LogP contribution in [0.25, 0.3) is 0 Å². The highest BCUT2D eigenvalue weighted by Gasteiger charge is 2.18. The summed E-state index contributed by atoms with van der Waals surface area (Å²) < 4.78 is 10.6. The molecule has 2 rings (SSSR count). The first kappa shape index (κ1) is 16.5. The number of oxime groups is 1. The van der Waals surface area contributed by atoms with Crippen molar-refractivity contribution in [1.29, 1.82) is 0 Å². The molecule has 0 N–H and O–H groups in total. The molecule has 2 aromatic carbocycles. The van der Waals surface area contributed by atoms with Gasteiger partial charge >= 0.3 is 5.97 Å². The van der Waals surface area contributed by atoms with Crippen LogP contribution >= 0.6 is 0 Å². The molecule has 5 nitrogen and oxygen atoms in total. The number of benzene rings is 2. The lowest BCUT2D eigenvalue weighted by atomic mass is 10.0. The van der Waals surface area contributed by atoms with Crippen molar-refractivity contribution in [3.63, 3.8) is 0 Å². The molecule has 120 valence electrons. The molecular weight excluding hydrogens is 294 g/mol. The zero-order valence-corrected chi connectivity index (χ0v) is 13.6. The summed E-state index contributed by atoms with van der Waals surface area (Å²) in [6, 6.07) is 13.2. The van der Waals surface area contributed by atoms with Crippen LogP contribution in [0.4, 0.5) is 0 Å². The molecule has 0 aliphatic carbocycles. The van der Waals surface area contributed by atoms with E-state index < -0.39 is 5.97 Å². The molecule has 5 heteroatoms. The second kappa shape index (κ2) is 7.45. The van der Waals surface area contributed by atoms with Gasteiger partial charge in [0.1, 0.15) is 18.6 Å². The van der Waals surface area contributed by atoms with E-state index in [4.69, 9.17) is 14.3 Å². The lowest BCUT2D eigenvalue weighted by Gasteiger charge is -2.12. The molecule has 0 amide bonds. The average Bonchev–Trinajstić information content (AvgIpc) is 2.55. The minimum atomic E-state index is -0.553. The number of carbonyl (C=O) groups is 1. The summed E-state index contributed by atoms with van der Waals surface area (Å²) in [6.07, 6.45) is 0. The number of esters is 1. The van der Waals surface area contributed by atoms with Gasteiger partial charge in [-0.3, -0.25) is 0 Å². The van der Waals surface area contributed by atoms with E-state index in [2.05, 4.69) is 5.16 Å². The van der Waals surface area contributed by atoms with Gasteiger partial charge in [-0.1, -0.05) is 23.4 Å². The Kier molecular flexibility index (Phi) is 5.36. The van der Waals surface area contributed by atoms with E-state index in [1.54, 1.807) is 12.1 Å². The standard InChI is InChI=1S/C18H19NO4/c1-12-7-5-6-8-16(12)23-14-9-10-15(13(2)11-14)17(19-22-4)18(20)21-3/h5-11H,1-4H3/b19-17+. The maximum absolute atomic E-state index is 11.8. The monoisotopic (exact) mass is 313 g/mol. The van der Waals surface area contributed by atoms with Crippen LogP contribution in [0.1, 0.15) is 16.7 Å². The normalized spacial score (nSPS) is 11.0. The lowest BCUT2D eigenvalue weighted by molar-refractivity contribution is -0.132. The van der Waals surface area contributed by atoms with E-state index in [0.717, 1.165) is 16.9 Å². The van der Waals surface area contributed by atoms with E-state index >= 15 is 0 Å². The SMILES string of the molecule is CO/N=C(/C(=O)OC)c1ccc(Oc2ccccc2C)cc1C. The van der Waals surface area contributed by atoms with Gasteiger partial charge in [0.05, 0.1) is 7.11 Å². The van der Waals surface area contributed by atoms with Crippen LogP contribution in [0.2, 0.25) is 0 Å². The van der Waals surface area contributed by atoms with Gasteiger partial charge in [-0.2, -0.15) is 0 Å². The Morgan fingerprint density at radius 1 is 1.00 bits per heavy atom. The van der Waals surface area contributed by atoms with Crippen molar-refractivity contribution in [3.05, 3.63) is 59.2 Å². The molecule has 0 aliphatic rings. The van der Waals surface area contributed by atoms with E-state index in [0.29, 0.717) is 11.3 Å². The second-order valence-electron chi connectivity index (χ2n) is 4.96. The highest BCUT2D eigenvalue weighted by Crippen LogP contribution is 2.26. The molecule has 0 saturated heterocycles. The Labute approximate surface area is 135 Å². The van der Waals surface area contributed by atoms with Gasteiger partial charge in [0.2, 0.25) is 0 Å². The number of hydrogen-bond acceptors (Lipinski definition) is 5. The molecule has 0 aliphatic heterocycles. The summed E-state index contributed by atoms with van der Waals surface area (Å²) >= 11 is 0. The fourth-order valence-electron chi connectivity index (χ4n) is 2.15. The Balaban J connectivity index is 2.32. The number of ether oxygens (including phenoxy) is 2. The van der Waals surface area contributed by atoms with Crippen LogP contribution in [-0.4, -0.2) is 25.9 Å². The first-order valence-corrected chi connectivity index (χ1v) is 7.10. The van der Waals surface area contributed by atoms with Crippen LogP contribution < -0.4 is 4.74 Å². The zero-order valence-electron chi connectivity index (χ0n) is 13.6. The summed E-state index contributed by atoms with van der Waals surface area (Å²) in [5, 5.41) is 3.76. The number of carbonyl (C=O) groups excluding carboxylic acids is 1. The molecule has 0 radical (unpaired) electrons. The van der Waals surface area contributed by atoms with E-state index in [1.165, 1.54) is 14.2 Å². The third-order valence-electron chi connectivity index (χ3n) is 3.34. The van der Waals surface area contributed by atoms with Crippen LogP contribution in [-0.2, 0) is 14.4 Å². The summed E-state index contributed by atoms with van der Waals surface area (Å²) in [5.74, 6) is 0.920.